The highest BCUT2D eigenvalue weighted by Gasteiger charge is 2.10. The van der Waals surface area contributed by atoms with E-state index < -0.39 is 5.82 Å². The Bertz CT molecular complexity index is 848. The van der Waals surface area contributed by atoms with Crippen LogP contribution in [0.3, 0.4) is 0 Å². The summed E-state index contributed by atoms with van der Waals surface area (Å²) in [4.78, 5) is 21.7. The number of amides is 1. The molecular formula is C18H16FN3OS. The first-order valence-corrected chi connectivity index (χ1v) is 8.35. The van der Waals surface area contributed by atoms with Crippen LogP contribution in [0.15, 0.2) is 48.8 Å². The van der Waals surface area contributed by atoms with Crippen molar-refractivity contribution in [2.24, 2.45) is 0 Å². The molecule has 0 aliphatic heterocycles. The van der Waals surface area contributed by atoms with Crippen LogP contribution in [0.4, 0.5) is 4.39 Å². The molecule has 0 aliphatic carbocycles. The minimum atomic E-state index is -0.414. The number of aromatic nitrogens is 2. The molecule has 0 unspecified atom stereocenters. The maximum Gasteiger partial charge on any atom is 0.251 e. The van der Waals surface area contributed by atoms with E-state index in [1.54, 1.807) is 29.8 Å². The first-order chi connectivity index (χ1) is 11.6. The molecule has 2 heterocycles. The van der Waals surface area contributed by atoms with Gasteiger partial charge in [0.25, 0.3) is 5.91 Å². The maximum atomic E-state index is 13.1. The first kappa shape index (κ1) is 16.3. The monoisotopic (exact) mass is 341 g/mol. The third kappa shape index (κ3) is 3.83. The molecule has 3 rings (SSSR count). The van der Waals surface area contributed by atoms with Gasteiger partial charge in [0.2, 0.25) is 0 Å². The van der Waals surface area contributed by atoms with Gasteiger partial charge in [0.05, 0.1) is 5.69 Å². The summed E-state index contributed by atoms with van der Waals surface area (Å²) in [5, 5.41) is 3.76. The van der Waals surface area contributed by atoms with Crippen LogP contribution in [0.25, 0.3) is 10.6 Å². The summed E-state index contributed by atoms with van der Waals surface area (Å²) >= 11 is 1.61. The molecule has 6 heteroatoms. The smallest absolute Gasteiger partial charge is 0.251 e. The standard InChI is InChI=1S/C18H16FN3OS/c1-12-16(24-18(22-12)13-5-8-20-9-6-13)7-10-21-17(23)14-3-2-4-15(19)11-14/h2-6,8-9,11H,7,10H2,1H3,(H,21,23). The summed E-state index contributed by atoms with van der Waals surface area (Å²) in [6.45, 7) is 2.44. The molecule has 4 nitrogen and oxygen atoms in total. The third-order valence-corrected chi connectivity index (χ3v) is 4.81. The Morgan fingerprint density at radius 2 is 2.04 bits per heavy atom. The van der Waals surface area contributed by atoms with Crippen molar-refractivity contribution in [2.45, 2.75) is 13.3 Å². The average Bonchev–Trinajstić information content (AvgIpc) is 2.96. The van der Waals surface area contributed by atoms with Crippen molar-refractivity contribution >= 4 is 17.2 Å². The lowest BCUT2D eigenvalue weighted by atomic mass is 10.2. The number of halogens is 1. The zero-order chi connectivity index (χ0) is 16.9. The average molecular weight is 341 g/mol. The Hall–Kier alpha value is -2.60. The molecule has 1 N–H and O–H groups in total. The Morgan fingerprint density at radius 1 is 1.25 bits per heavy atom. The number of aryl methyl sites for hydroxylation is 1. The van der Waals surface area contributed by atoms with Crippen LogP contribution in [0.2, 0.25) is 0 Å². The van der Waals surface area contributed by atoms with Gasteiger partial charge in [-0.2, -0.15) is 0 Å². The van der Waals surface area contributed by atoms with Gasteiger partial charge in [-0.25, -0.2) is 9.37 Å². The molecule has 0 saturated carbocycles. The Morgan fingerprint density at radius 3 is 2.79 bits per heavy atom. The summed E-state index contributed by atoms with van der Waals surface area (Å²) in [6.07, 6.45) is 4.17. The summed E-state index contributed by atoms with van der Waals surface area (Å²) < 4.78 is 13.1. The topological polar surface area (TPSA) is 54.9 Å². The molecule has 2 aromatic heterocycles. The zero-order valence-corrected chi connectivity index (χ0v) is 13.9. The van der Waals surface area contributed by atoms with Gasteiger partial charge in [0.15, 0.2) is 0 Å². The first-order valence-electron chi connectivity index (χ1n) is 7.54. The highest BCUT2D eigenvalue weighted by atomic mass is 32.1. The van der Waals surface area contributed by atoms with Gasteiger partial charge in [-0.05, 0) is 37.3 Å². The molecular weight excluding hydrogens is 325 g/mol. The van der Waals surface area contributed by atoms with E-state index in [-0.39, 0.29) is 5.91 Å². The summed E-state index contributed by atoms with van der Waals surface area (Å²) in [5.74, 6) is -0.686. The van der Waals surface area contributed by atoms with Crippen LogP contribution in [-0.4, -0.2) is 22.4 Å². The number of hydrogen-bond donors (Lipinski definition) is 1. The van der Waals surface area contributed by atoms with Gasteiger partial charge in [0, 0.05) is 41.4 Å². The number of rotatable bonds is 5. The fraction of sp³-hybridized carbons (Fsp3) is 0.167. The van der Waals surface area contributed by atoms with Gasteiger partial charge < -0.3 is 5.32 Å². The van der Waals surface area contributed by atoms with Crippen molar-refractivity contribution in [3.05, 3.63) is 70.7 Å². The Balaban J connectivity index is 1.61. The SMILES string of the molecule is Cc1nc(-c2ccncc2)sc1CCNC(=O)c1cccc(F)c1. The number of carbonyl (C=O) groups excluding carboxylic acids is 1. The van der Waals surface area contributed by atoms with Crippen molar-refractivity contribution in [2.75, 3.05) is 6.54 Å². The van der Waals surface area contributed by atoms with Crippen molar-refractivity contribution in [3.8, 4) is 10.6 Å². The lowest BCUT2D eigenvalue weighted by Gasteiger charge is -2.04. The molecule has 24 heavy (non-hydrogen) atoms. The highest BCUT2D eigenvalue weighted by Crippen LogP contribution is 2.27. The summed E-state index contributed by atoms with van der Waals surface area (Å²) in [6, 6.07) is 9.52. The van der Waals surface area contributed by atoms with E-state index in [9.17, 15) is 9.18 Å². The van der Waals surface area contributed by atoms with E-state index in [1.807, 2.05) is 19.1 Å². The molecule has 0 bridgehead atoms. The Labute approximate surface area is 143 Å². The second-order valence-electron chi connectivity index (χ2n) is 5.28. The summed E-state index contributed by atoms with van der Waals surface area (Å²) in [5.41, 5.74) is 2.33. The highest BCUT2D eigenvalue weighted by molar-refractivity contribution is 7.15. The number of nitrogens with zero attached hydrogens (tertiary/aromatic N) is 2. The molecule has 3 aromatic rings. The van der Waals surface area contributed by atoms with Crippen LogP contribution in [0.5, 0.6) is 0 Å². The molecule has 122 valence electrons. The molecule has 0 aliphatic rings. The summed E-state index contributed by atoms with van der Waals surface area (Å²) in [7, 11) is 0. The lowest BCUT2D eigenvalue weighted by Crippen LogP contribution is -2.25. The van der Waals surface area contributed by atoms with Gasteiger partial charge >= 0.3 is 0 Å². The molecule has 1 amide bonds. The number of nitrogens with one attached hydrogen (secondary N) is 1. The second-order valence-corrected chi connectivity index (χ2v) is 6.36. The maximum absolute atomic E-state index is 13.1. The molecule has 0 spiro atoms. The van der Waals surface area contributed by atoms with E-state index in [0.29, 0.717) is 18.5 Å². The van der Waals surface area contributed by atoms with Crippen molar-refractivity contribution in [3.63, 3.8) is 0 Å². The quantitative estimate of drug-likeness (QED) is 0.771. The lowest BCUT2D eigenvalue weighted by molar-refractivity contribution is 0.0953. The van der Waals surface area contributed by atoms with Crippen LogP contribution in [0, 0.1) is 12.7 Å². The minimum absolute atomic E-state index is 0.272. The van der Waals surface area contributed by atoms with Gasteiger partial charge in [-0.3, -0.25) is 9.78 Å². The van der Waals surface area contributed by atoms with Crippen LogP contribution in [-0.2, 0) is 6.42 Å². The fourth-order valence-corrected chi connectivity index (χ4v) is 3.37. The van der Waals surface area contributed by atoms with Gasteiger partial charge in [0.1, 0.15) is 10.8 Å². The van der Waals surface area contributed by atoms with E-state index >= 15 is 0 Å². The number of thiazole rings is 1. The number of pyridine rings is 1. The van der Waals surface area contributed by atoms with E-state index in [4.69, 9.17) is 0 Å². The predicted octanol–water partition coefficient (Wildman–Crippen LogP) is 3.63. The molecule has 0 fully saturated rings. The fourth-order valence-electron chi connectivity index (χ4n) is 2.30. The number of hydrogen-bond acceptors (Lipinski definition) is 4. The Kier molecular flexibility index (Phi) is 4.96. The predicted molar refractivity (Wildman–Crippen MR) is 92.5 cm³/mol. The minimum Gasteiger partial charge on any atom is -0.352 e. The van der Waals surface area contributed by atoms with Crippen LogP contribution >= 0.6 is 11.3 Å². The third-order valence-electron chi connectivity index (χ3n) is 3.54. The number of benzene rings is 1. The number of carbonyl (C=O) groups is 1. The van der Waals surface area contributed by atoms with Crippen LogP contribution < -0.4 is 5.32 Å². The largest absolute Gasteiger partial charge is 0.352 e. The molecule has 0 radical (unpaired) electrons. The zero-order valence-electron chi connectivity index (χ0n) is 13.1. The molecule has 1 aromatic carbocycles. The van der Waals surface area contributed by atoms with E-state index in [1.165, 1.54) is 18.2 Å². The van der Waals surface area contributed by atoms with Gasteiger partial charge in [-0.15, -0.1) is 11.3 Å². The normalized spacial score (nSPS) is 10.6. The van der Waals surface area contributed by atoms with Crippen molar-refractivity contribution in [1.82, 2.24) is 15.3 Å². The van der Waals surface area contributed by atoms with Crippen molar-refractivity contribution in [1.29, 1.82) is 0 Å². The van der Waals surface area contributed by atoms with E-state index in [2.05, 4.69) is 15.3 Å². The van der Waals surface area contributed by atoms with Gasteiger partial charge in [-0.1, -0.05) is 6.07 Å². The van der Waals surface area contributed by atoms with E-state index in [0.717, 1.165) is 21.1 Å². The molecule has 0 atom stereocenters. The second kappa shape index (κ2) is 7.31. The van der Waals surface area contributed by atoms with Crippen LogP contribution in [0.1, 0.15) is 20.9 Å². The van der Waals surface area contributed by atoms with Crippen molar-refractivity contribution < 1.29 is 9.18 Å². The molecule has 0 saturated heterocycles.